The van der Waals surface area contributed by atoms with Crippen LogP contribution in [0.4, 0.5) is 5.69 Å². The van der Waals surface area contributed by atoms with Gasteiger partial charge in [0.2, 0.25) is 0 Å². The summed E-state index contributed by atoms with van der Waals surface area (Å²) in [6.07, 6.45) is -1.43. The fourth-order valence-electron chi connectivity index (χ4n) is 2.09. The smallest absolute Gasteiger partial charge is 0.106 e. The first kappa shape index (κ1) is 12.3. The van der Waals surface area contributed by atoms with Crippen molar-refractivity contribution in [3.05, 3.63) is 29.3 Å². The first-order valence-electron chi connectivity index (χ1n) is 5.50. The normalized spacial score (nSPS) is 24.1. The molecule has 0 radical (unpaired) electrons. The molecule has 0 bridgehead atoms. The van der Waals surface area contributed by atoms with Gasteiger partial charge in [0.1, 0.15) is 4.99 Å². The molecule has 0 aliphatic carbocycles. The molecule has 5 heteroatoms. The maximum atomic E-state index is 9.56. The maximum absolute atomic E-state index is 9.56. The van der Waals surface area contributed by atoms with Gasteiger partial charge in [0.25, 0.3) is 0 Å². The van der Waals surface area contributed by atoms with E-state index in [2.05, 4.69) is 0 Å². The lowest BCUT2D eigenvalue weighted by molar-refractivity contribution is 0.0572. The van der Waals surface area contributed by atoms with Gasteiger partial charge in [-0.2, -0.15) is 0 Å². The van der Waals surface area contributed by atoms with Crippen molar-refractivity contribution >= 4 is 22.9 Å². The van der Waals surface area contributed by atoms with Crippen molar-refractivity contribution in [1.29, 1.82) is 0 Å². The van der Waals surface area contributed by atoms with Gasteiger partial charge in [0.05, 0.1) is 12.2 Å². The van der Waals surface area contributed by atoms with E-state index >= 15 is 0 Å². The van der Waals surface area contributed by atoms with Crippen molar-refractivity contribution in [3.63, 3.8) is 0 Å². The standard InChI is InChI=1S/C12H16N2O2S/c1-7-2-3-9(8(4-7)12(13)17)14-5-10(15)11(16)6-14/h2-4,10-11,15-16H,5-6H2,1H3,(H2,13,17). The number of hydrogen-bond donors (Lipinski definition) is 3. The Kier molecular flexibility index (Phi) is 3.33. The van der Waals surface area contributed by atoms with Crippen LogP contribution in [0.1, 0.15) is 11.1 Å². The molecule has 17 heavy (non-hydrogen) atoms. The Bertz CT molecular complexity index is 440. The lowest BCUT2D eigenvalue weighted by Crippen LogP contribution is -2.25. The van der Waals surface area contributed by atoms with Crippen LogP contribution in [-0.4, -0.2) is 40.5 Å². The number of aliphatic hydroxyl groups is 2. The Labute approximate surface area is 106 Å². The van der Waals surface area contributed by atoms with Crippen molar-refractivity contribution < 1.29 is 10.2 Å². The number of nitrogens with two attached hydrogens (primary N) is 1. The number of benzene rings is 1. The maximum Gasteiger partial charge on any atom is 0.106 e. The average molecular weight is 252 g/mol. The molecular weight excluding hydrogens is 236 g/mol. The van der Waals surface area contributed by atoms with Crippen LogP contribution < -0.4 is 10.6 Å². The molecule has 1 heterocycles. The largest absolute Gasteiger partial charge is 0.389 e. The highest BCUT2D eigenvalue weighted by Gasteiger charge is 2.30. The summed E-state index contributed by atoms with van der Waals surface area (Å²) in [7, 11) is 0. The molecule has 1 aliphatic heterocycles. The van der Waals surface area contributed by atoms with E-state index < -0.39 is 12.2 Å². The van der Waals surface area contributed by atoms with E-state index in [0.717, 1.165) is 16.8 Å². The quantitative estimate of drug-likeness (QED) is 0.655. The highest BCUT2D eigenvalue weighted by Crippen LogP contribution is 2.26. The molecule has 1 fully saturated rings. The molecule has 1 aromatic rings. The average Bonchev–Trinajstić information content (AvgIpc) is 2.59. The van der Waals surface area contributed by atoms with Gasteiger partial charge in [-0.05, 0) is 19.1 Å². The Morgan fingerprint density at radius 2 is 1.94 bits per heavy atom. The summed E-state index contributed by atoms with van der Waals surface area (Å²) in [5.74, 6) is 0. The van der Waals surface area contributed by atoms with Gasteiger partial charge in [-0.25, -0.2) is 0 Å². The Balaban J connectivity index is 2.36. The van der Waals surface area contributed by atoms with Gasteiger partial charge in [0, 0.05) is 24.3 Å². The Morgan fingerprint density at radius 3 is 2.47 bits per heavy atom. The number of aliphatic hydroxyl groups excluding tert-OH is 2. The summed E-state index contributed by atoms with van der Waals surface area (Å²) in [4.78, 5) is 2.24. The third kappa shape index (κ3) is 2.41. The van der Waals surface area contributed by atoms with Crippen LogP contribution in [0.5, 0.6) is 0 Å². The van der Waals surface area contributed by atoms with Gasteiger partial charge in [-0.15, -0.1) is 0 Å². The molecule has 4 N–H and O–H groups in total. The zero-order chi connectivity index (χ0) is 12.6. The lowest BCUT2D eigenvalue weighted by atomic mass is 10.1. The molecule has 2 rings (SSSR count). The highest BCUT2D eigenvalue weighted by atomic mass is 32.1. The number of thiocarbonyl (C=S) groups is 1. The molecule has 4 nitrogen and oxygen atoms in total. The number of β-amino-alcohol motifs (C(OH)–C–C–N with tert-alkyl or cyclic N) is 2. The number of hydrogen-bond acceptors (Lipinski definition) is 4. The van der Waals surface area contributed by atoms with Crippen LogP contribution in [-0.2, 0) is 0 Å². The summed E-state index contributed by atoms with van der Waals surface area (Å²) >= 11 is 5.03. The predicted octanol–water partition coefficient (Wildman–Crippen LogP) is 0.171. The van der Waals surface area contributed by atoms with Gasteiger partial charge >= 0.3 is 0 Å². The van der Waals surface area contributed by atoms with Crippen molar-refractivity contribution in [2.45, 2.75) is 19.1 Å². The van der Waals surface area contributed by atoms with Crippen molar-refractivity contribution in [2.24, 2.45) is 5.73 Å². The summed E-state index contributed by atoms with van der Waals surface area (Å²) in [6, 6.07) is 5.82. The zero-order valence-corrected chi connectivity index (χ0v) is 10.4. The molecule has 0 saturated carbocycles. The van der Waals surface area contributed by atoms with E-state index in [0.29, 0.717) is 18.1 Å². The van der Waals surface area contributed by atoms with Crippen LogP contribution >= 0.6 is 12.2 Å². The van der Waals surface area contributed by atoms with Crippen LogP contribution in [0.3, 0.4) is 0 Å². The third-order valence-corrected chi connectivity index (χ3v) is 3.24. The minimum absolute atomic E-state index is 0.333. The van der Waals surface area contributed by atoms with Crippen LogP contribution in [0, 0.1) is 6.92 Å². The minimum atomic E-state index is -0.713. The van der Waals surface area contributed by atoms with Crippen molar-refractivity contribution in [3.8, 4) is 0 Å². The first-order valence-corrected chi connectivity index (χ1v) is 5.91. The molecule has 1 saturated heterocycles. The molecule has 2 unspecified atom stereocenters. The third-order valence-electron chi connectivity index (χ3n) is 3.02. The fourth-order valence-corrected chi connectivity index (χ4v) is 2.25. The Morgan fingerprint density at radius 1 is 1.35 bits per heavy atom. The van der Waals surface area contributed by atoms with E-state index in [1.807, 2.05) is 30.0 Å². The molecule has 1 aliphatic rings. The van der Waals surface area contributed by atoms with Crippen molar-refractivity contribution in [1.82, 2.24) is 0 Å². The number of aryl methyl sites for hydroxylation is 1. The van der Waals surface area contributed by atoms with E-state index in [4.69, 9.17) is 18.0 Å². The monoisotopic (exact) mass is 252 g/mol. The van der Waals surface area contributed by atoms with Crippen LogP contribution in [0.2, 0.25) is 0 Å². The molecule has 0 spiro atoms. The topological polar surface area (TPSA) is 69.7 Å². The second-order valence-corrected chi connectivity index (χ2v) is 4.86. The zero-order valence-electron chi connectivity index (χ0n) is 9.63. The highest BCUT2D eigenvalue weighted by molar-refractivity contribution is 7.80. The minimum Gasteiger partial charge on any atom is -0.389 e. The summed E-state index contributed by atoms with van der Waals surface area (Å²) in [5, 5.41) is 19.1. The van der Waals surface area contributed by atoms with Gasteiger partial charge in [-0.1, -0.05) is 23.8 Å². The van der Waals surface area contributed by atoms with E-state index in [1.165, 1.54) is 0 Å². The molecular formula is C12H16N2O2S. The molecule has 2 atom stereocenters. The summed E-state index contributed by atoms with van der Waals surface area (Å²) < 4.78 is 0. The molecule has 92 valence electrons. The molecule has 0 amide bonds. The second-order valence-electron chi connectivity index (χ2n) is 4.42. The van der Waals surface area contributed by atoms with Crippen LogP contribution in [0.25, 0.3) is 0 Å². The second kappa shape index (κ2) is 4.60. The van der Waals surface area contributed by atoms with Crippen LogP contribution in [0.15, 0.2) is 18.2 Å². The number of nitrogens with zero attached hydrogens (tertiary/aromatic N) is 1. The number of anilines is 1. The summed E-state index contributed by atoms with van der Waals surface area (Å²) in [6.45, 7) is 2.78. The van der Waals surface area contributed by atoms with Gasteiger partial charge < -0.3 is 20.8 Å². The van der Waals surface area contributed by atoms with E-state index in [1.54, 1.807) is 0 Å². The van der Waals surface area contributed by atoms with E-state index in [9.17, 15) is 10.2 Å². The lowest BCUT2D eigenvalue weighted by Gasteiger charge is -2.21. The Hall–Kier alpha value is -1.17. The van der Waals surface area contributed by atoms with Crippen molar-refractivity contribution in [2.75, 3.05) is 18.0 Å². The number of rotatable bonds is 2. The molecule has 1 aromatic carbocycles. The van der Waals surface area contributed by atoms with E-state index in [-0.39, 0.29) is 0 Å². The van der Waals surface area contributed by atoms with Gasteiger partial charge in [-0.3, -0.25) is 0 Å². The fraction of sp³-hybridized carbons (Fsp3) is 0.417. The SMILES string of the molecule is Cc1ccc(N2CC(O)C(O)C2)c(C(N)=S)c1. The molecule has 0 aromatic heterocycles. The predicted molar refractivity (Wildman–Crippen MR) is 71.3 cm³/mol. The van der Waals surface area contributed by atoms with Gasteiger partial charge in [0.15, 0.2) is 0 Å². The summed E-state index contributed by atoms with van der Waals surface area (Å²) in [5.41, 5.74) is 8.45. The first-order chi connectivity index (χ1) is 7.99.